The standard InChI is InChI=1S/C19H22N2O8/c1-3-28-9-13-16(18(22)23)15(11-6-5-7-12(8-11)21(26)27)17(19(24)25)14(20-13)10-29-4-2/h5-8,15,20H,3-4,9-10H2,1-2H3,(H,22,23)(H,24,25). The molecule has 29 heavy (non-hydrogen) atoms. The van der Waals surface area contributed by atoms with Gasteiger partial charge in [-0.3, -0.25) is 10.1 Å². The van der Waals surface area contributed by atoms with Crippen molar-refractivity contribution >= 4 is 17.6 Å². The molecule has 2 rings (SSSR count). The van der Waals surface area contributed by atoms with Gasteiger partial charge in [0.15, 0.2) is 0 Å². The van der Waals surface area contributed by atoms with Gasteiger partial charge < -0.3 is 25.0 Å². The highest BCUT2D eigenvalue weighted by Crippen LogP contribution is 2.39. The van der Waals surface area contributed by atoms with Crippen molar-refractivity contribution < 1.29 is 34.2 Å². The van der Waals surface area contributed by atoms with Gasteiger partial charge in [-0.2, -0.15) is 0 Å². The monoisotopic (exact) mass is 406 g/mol. The number of ether oxygens (including phenoxy) is 2. The van der Waals surface area contributed by atoms with Crippen molar-refractivity contribution in [1.82, 2.24) is 5.32 Å². The number of carboxylic acids is 2. The average molecular weight is 406 g/mol. The van der Waals surface area contributed by atoms with Crippen LogP contribution in [0, 0.1) is 10.1 Å². The number of carbonyl (C=O) groups is 2. The Morgan fingerprint density at radius 3 is 2.00 bits per heavy atom. The fraction of sp³-hybridized carbons (Fsp3) is 0.368. The van der Waals surface area contributed by atoms with E-state index in [9.17, 15) is 29.9 Å². The van der Waals surface area contributed by atoms with Crippen LogP contribution in [-0.2, 0) is 19.1 Å². The first-order chi connectivity index (χ1) is 13.8. The summed E-state index contributed by atoms with van der Waals surface area (Å²) < 4.78 is 10.7. The van der Waals surface area contributed by atoms with Gasteiger partial charge in [-0.1, -0.05) is 12.1 Å². The summed E-state index contributed by atoms with van der Waals surface area (Å²) in [5.74, 6) is -3.94. The second-order valence-corrected chi connectivity index (χ2v) is 6.08. The van der Waals surface area contributed by atoms with E-state index in [1.54, 1.807) is 13.8 Å². The highest BCUT2D eigenvalue weighted by molar-refractivity contribution is 5.98. The lowest BCUT2D eigenvalue weighted by atomic mass is 9.80. The van der Waals surface area contributed by atoms with E-state index in [1.807, 2.05) is 0 Å². The van der Waals surface area contributed by atoms with Crippen molar-refractivity contribution in [3.63, 3.8) is 0 Å². The summed E-state index contributed by atoms with van der Waals surface area (Å²) in [4.78, 5) is 34.7. The lowest BCUT2D eigenvalue weighted by molar-refractivity contribution is -0.384. The highest BCUT2D eigenvalue weighted by Gasteiger charge is 2.39. The van der Waals surface area contributed by atoms with Crippen LogP contribution in [0.15, 0.2) is 46.8 Å². The predicted molar refractivity (Wildman–Crippen MR) is 101 cm³/mol. The van der Waals surface area contributed by atoms with Gasteiger partial charge in [0.2, 0.25) is 0 Å². The molecule has 3 N–H and O–H groups in total. The molecule has 10 nitrogen and oxygen atoms in total. The van der Waals surface area contributed by atoms with Gasteiger partial charge in [-0.05, 0) is 19.4 Å². The number of benzene rings is 1. The summed E-state index contributed by atoms with van der Waals surface area (Å²) in [5, 5.41) is 33.7. The normalized spacial score (nSPS) is 14.7. The number of nitro groups is 1. The molecule has 10 heteroatoms. The molecule has 0 saturated heterocycles. The van der Waals surface area contributed by atoms with Crippen LogP contribution in [0.3, 0.4) is 0 Å². The third-order valence-electron chi connectivity index (χ3n) is 4.31. The summed E-state index contributed by atoms with van der Waals surface area (Å²) in [6.07, 6.45) is 0. The molecular formula is C19H22N2O8. The van der Waals surface area contributed by atoms with Crippen LogP contribution in [0.1, 0.15) is 25.3 Å². The van der Waals surface area contributed by atoms with E-state index in [1.165, 1.54) is 24.3 Å². The molecular weight excluding hydrogens is 384 g/mol. The van der Waals surface area contributed by atoms with E-state index in [0.29, 0.717) is 13.2 Å². The number of rotatable bonds is 10. The number of hydrogen-bond donors (Lipinski definition) is 3. The predicted octanol–water partition coefficient (Wildman–Crippen LogP) is 2.03. The molecule has 0 amide bonds. The SMILES string of the molecule is CCOCC1=C(C(=O)O)C(c2cccc([N+](=O)[O-])c2)C(C(=O)O)=C(COCC)N1. The molecule has 0 saturated carbocycles. The fourth-order valence-electron chi connectivity index (χ4n) is 3.10. The molecule has 156 valence electrons. The zero-order chi connectivity index (χ0) is 21.6. The molecule has 1 aliphatic heterocycles. The van der Waals surface area contributed by atoms with Gasteiger partial charge in [0.05, 0.1) is 46.6 Å². The van der Waals surface area contributed by atoms with E-state index in [-0.39, 0.29) is 47.0 Å². The van der Waals surface area contributed by atoms with E-state index in [2.05, 4.69) is 5.32 Å². The van der Waals surface area contributed by atoms with Crippen LogP contribution >= 0.6 is 0 Å². The minimum absolute atomic E-state index is 0.0912. The summed E-state index contributed by atoms with van der Waals surface area (Å²) >= 11 is 0. The van der Waals surface area contributed by atoms with Crippen molar-refractivity contribution in [2.75, 3.05) is 26.4 Å². The summed E-state index contributed by atoms with van der Waals surface area (Å²) in [6, 6.07) is 5.28. The average Bonchev–Trinajstić information content (AvgIpc) is 2.69. The Balaban J connectivity index is 2.73. The minimum Gasteiger partial charge on any atom is -0.478 e. The van der Waals surface area contributed by atoms with Crippen LogP contribution in [0.5, 0.6) is 0 Å². The number of non-ortho nitro benzene ring substituents is 1. The molecule has 0 bridgehead atoms. The molecule has 1 aromatic carbocycles. The maximum Gasteiger partial charge on any atom is 0.334 e. The fourth-order valence-corrected chi connectivity index (χ4v) is 3.10. The topological polar surface area (TPSA) is 148 Å². The molecule has 0 spiro atoms. The first-order valence-corrected chi connectivity index (χ1v) is 8.91. The third-order valence-corrected chi connectivity index (χ3v) is 4.31. The third kappa shape index (κ3) is 4.98. The largest absolute Gasteiger partial charge is 0.478 e. The number of carboxylic acid groups (broad SMARTS) is 2. The van der Waals surface area contributed by atoms with Crippen molar-refractivity contribution in [2.24, 2.45) is 0 Å². The molecule has 0 radical (unpaired) electrons. The van der Waals surface area contributed by atoms with E-state index < -0.39 is 22.8 Å². The Kier molecular flexibility index (Phi) is 7.46. The maximum atomic E-state index is 12.1. The number of hydrogen-bond acceptors (Lipinski definition) is 7. The molecule has 1 aromatic rings. The molecule has 0 fully saturated rings. The van der Waals surface area contributed by atoms with Crippen LogP contribution < -0.4 is 5.32 Å². The Morgan fingerprint density at radius 2 is 1.59 bits per heavy atom. The second kappa shape index (κ2) is 9.80. The van der Waals surface area contributed by atoms with Crippen molar-refractivity contribution in [3.05, 3.63) is 62.5 Å². The van der Waals surface area contributed by atoms with E-state index >= 15 is 0 Å². The Labute approximate surface area is 166 Å². The maximum absolute atomic E-state index is 12.1. The summed E-state index contributed by atoms with van der Waals surface area (Å²) in [6.45, 7) is 3.92. The zero-order valence-electron chi connectivity index (χ0n) is 16.0. The zero-order valence-corrected chi connectivity index (χ0v) is 16.0. The summed E-state index contributed by atoms with van der Waals surface area (Å²) in [5.41, 5.74) is -0.217. The Morgan fingerprint density at radius 1 is 1.07 bits per heavy atom. The first kappa shape index (κ1) is 22.1. The van der Waals surface area contributed by atoms with Crippen LogP contribution in [0.25, 0.3) is 0 Å². The van der Waals surface area contributed by atoms with Gasteiger partial charge in [0, 0.05) is 25.3 Å². The molecule has 1 aliphatic rings. The van der Waals surface area contributed by atoms with Gasteiger partial charge in [0.25, 0.3) is 5.69 Å². The Bertz CT molecular complexity index is 833. The highest BCUT2D eigenvalue weighted by atomic mass is 16.6. The number of aliphatic carboxylic acids is 2. The van der Waals surface area contributed by atoms with Crippen molar-refractivity contribution in [3.8, 4) is 0 Å². The van der Waals surface area contributed by atoms with E-state index in [4.69, 9.17) is 9.47 Å². The molecule has 0 aliphatic carbocycles. The number of nitrogens with one attached hydrogen (secondary N) is 1. The number of nitrogens with zero attached hydrogens (tertiary/aromatic N) is 1. The van der Waals surface area contributed by atoms with Gasteiger partial charge >= 0.3 is 11.9 Å². The smallest absolute Gasteiger partial charge is 0.334 e. The quantitative estimate of drug-likeness (QED) is 0.392. The Hall–Kier alpha value is -3.24. The minimum atomic E-state index is -1.35. The lowest BCUT2D eigenvalue weighted by Crippen LogP contribution is -2.36. The molecule has 0 atom stereocenters. The summed E-state index contributed by atoms with van der Waals surface area (Å²) in [7, 11) is 0. The number of nitro benzene ring substituents is 1. The lowest BCUT2D eigenvalue weighted by Gasteiger charge is -2.31. The molecule has 0 aromatic heterocycles. The molecule has 1 heterocycles. The molecule has 0 unspecified atom stereocenters. The van der Waals surface area contributed by atoms with Crippen molar-refractivity contribution in [1.29, 1.82) is 0 Å². The van der Waals surface area contributed by atoms with Crippen LogP contribution in [0.4, 0.5) is 5.69 Å². The first-order valence-electron chi connectivity index (χ1n) is 8.91. The van der Waals surface area contributed by atoms with Crippen LogP contribution in [0.2, 0.25) is 0 Å². The van der Waals surface area contributed by atoms with Crippen molar-refractivity contribution in [2.45, 2.75) is 19.8 Å². The van der Waals surface area contributed by atoms with Gasteiger partial charge in [0.1, 0.15) is 0 Å². The van der Waals surface area contributed by atoms with Gasteiger partial charge in [-0.25, -0.2) is 9.59 Å². The van der Waals surface area contributed by atoms with E-state index in [0.717, 1.165) is 0 Å². The second-order valence-electron chi connectivity index (χ2n) is 6.08. The van der Waals surface area contributed by atoms with Gasteiger partial charge in [-0.15, -0.1) is 0 Å². The number of dihydropyridines is 1. The van der Waals surface area contributed by atoms with Crippen LogP contribution in [-0.4, -0.2) is 53.5 Å².